The van der Waals surface area contributed by atoms with E-state index in [1.54, 1.807) is 6.26 Å². The molecule has 0 aliphatic carbocycles. The molecule has 1 amide bonds. The summed E-state index contributed by atoms with van der Waals surface area (Å²) in [6.07, 6.45) is 1.60. The van der Waals surface area contributed by atoms with Gasteiger partial charge in [-0.05, 0) is 38.5 Å². The molecule has 6 heteroatoms. The van der Waals surface area contributed by atoms with Gasteiger partial charge in [-0.15, -0.1) is 0 Å². The summed E-state index contributed by atoms with van der Waals surface area (Å²) in [7, 11) is 0. The van der Waals surface area contributed by atoms with E-state index in [9.17, 15) is 4.79 Å². The Labute approximate surface area is 164 Å². The first-order valence-electron chi connectivity index (χ1n) is 9.60. The normalized spacial score (nSPS) is 18.0. The number of rotatable bonds is 5. The molecule has 0 saturated carbocycles. The SMILES string of the molecule is Cc1cccc(CN2CCN(Cc3nc(-c4ccco4)oc3C)C(C)C2=O)c1. The van der Waals surface area contributed by atoms with Gasteiger partial charge in [0.15, 0.2) is 5.76 Å². The van der Waals surface area contributed by atoms with E-state index in [1.807, 2.05) is 36.9 Å². The highest BCUT2D eigenvalue weighted by Gasteiger charge is 2.32. The number of oxazole rings is 1. The molecule has 0 spiro atoms. The van der Waals surface area contributed by atoms with E-state index in [1.165, 1.54) is 11.1 Å². The molecule has 0 N–H and O–H groups in total. The van der Waals surface area contributed by atoms with E-state index in [2.05, 4.69) is 35.0 Å². The van der Waals surface area contributed by atoms with Crippen molar-refractivity contribution in [3.05, 3.63) is 65.2 Å². The lowest BCUT2D eigenvalue weighted by atomic mass is 10.1. The number of carbonyl (C=O) groups is 1. The van der Waals surface area contributed by atoms with Gasteiger partial charge >= 0.3 is 0 Å². The molecule has 2 aromatic heterocycles. The molecule has 1 aromatic carbocycles. The third-order valence-corrected chi connectivity index (χ3v) is 5.31. The molecule has 3 aromatic rings. The van der Waals surface area contributed by atoms with Crippen molar-refractivity contribution in [3.8, 4) is 11.7 Å². The third kappa shape index (κ3) is 3.73. The second-order valence-electron chi connectivity index (χ2n) is 7.39. The molecule has 1 aliphatic heterocycles. The largest absolute Gasteiger partial charge is 0.459 e. The Morgan fingerprint density at radius 2 is 2.00 bits per heavy atom. The lowest BCUT2D eigenvalue weighted by molar-refractivity contribution is -0.142. The van der Waals surface area contributed by atoms with Crippen LogP contribution in [-0.2, 0) is 17.9 Å². The monoisotopic (exact) mass is 379 g/mol. The van der Waals surface area contributed by atoms with Gasteiger partial charge in [0.2, 0.25) is 5.91 Å². The first-order valence-corrected chi connectivity index (χ1v) is 9.60. The van der Waals surface area contributed by atoms with E-state index < -0.39 is 0 Å². The number of amides is 1. The van der Waals surface area contributed by atoms with E-state index >= 15 is 0 Å². The molecule has 1 aliphatic rings. The van der Waals surface area contributed by atoms with Gasteiger partial charge in [-0.2, -0.15) is 0 Å². The second-order valence-corrected chi connectivity index (χ2v) is 7.39. The van der Waals surface area contributed by atoms with Crippen LogP contribution in [-0.4, -0.2) is 39.8 Å². The van der Waals surface area contributed by atoms with Crippen molar-refractivity contribution in [2.75, 3.05) is 13.1 Å². The lowest BCUT2D eigenvalue weighted by Crippen LogP contribution is -2.55. The molecular formula is C22H25N3O3. The molecule has 0 radical (unpaired) electrons. The number of benzene rings is 1. The van der Waals surface area contributed by atoms with Gasteiger partial charge in [-0.3, -0.25) is 9.69 Å². The van der Waals surface area contributed by atoms with Crippen molar-refractivity contribution < 1.29 is 13.6 Å². The molecule has 1 saturated heterocycles. The van der Waals surface area contributed by atoms with Crippen LogP contribution in [0.5, 0.6) is 0 Å². The number of hydrogen-bond acceptors (Lipinski definition) is 5. The molecule has 6 nitrogen and oxygen atoms in total. The van der Waals surface area contributed by atoms with Gasteiger partial charge < -0.3 is 13.7 Å². The minimum atomic E-state index is -0.193. The number of aryl methyl sites for hydroxylation is 2. The van der Waals surface area contributed by atoms with E-state index in [0.29, 0.717) is 31.3 Å². The first-order chi connectivity index (χ1) is 13.5. The summed E-state index contributed by atoms with van der Waals surface area (Å²) < 4.78 is 11.1. The fraction of sp³-hybridized carbons (Fsp3) is 0.364. The maximum Gasteiger partial charge on any atom is 0.263 e. The van der Waals surface area contributed by atoms with Gasteiger partial charge in [-0.1, -0.05) is 29.8 Å². The van der Waals surface area contributed by atoms with Crippen LogP contribution in [0.25, 0.3) is 11.7 Å². The number of nitrogens with zero attached hydrogens (tertiary/aromatic N) is 3. The number of aromatic nitrogens is 1. The standard InChI is InChI=1S/C22H25N3O3/c1-15-6-4-7-18(12-15)13-25-10-9-24(16(2)22(25)26)14-19-17(3)28-21(23-19)20-8-5-11-27-20/h4-8,11-12,16H,9-10,13-14H2,1-3H3. The Morgan fingerprint density at radius 3 is 2.75 bits per heavy atom. The zero-order valence-corrected chi connectivity index (χ0v) is 16.5. The molecule has 3 heterocycles. The smallest absolute Gasteiger partial charge is 0.263 e. The molecular weight excluding hydrogens is 354 g/mol. The maximum atomic E-state index is 12.9. The molecule has 1 unspecified atom stereocenters. The lowest BCUT2D eigenvalue weighted by Gasteiger charge is -2.39. The van der Waals surface area contributed by atoms with Gasteiger partial charge in [0.1, 0.15) is 5.76 Å². The quantitative estimate of drug-likeness (QED) is 0.675. The number of piperazine rings is 1. The van der Waals surface area contributed by atoms with Crippen LogP contribution < -0.4 is 0 Å². The van der Waals surface area contributed by atoms with E-state index in [4.69, 9.17) is 8.83 Å². The summed E-state index contributed by atoms with van der Waals surface area (Å²) in [5.74, 6) is 2.00. The van der Waals surface area contributed by atoms with Crippen molar-refractivity contribution in [3.63, 3.8) is 0 Å². The predicted molar refractivity (Wildman–Crippen MR) is 105 cm³/mol. The summed E-state index contributed by atoms with van der Waals surface area (Å²) in [5.41, 5.74) is 3.23. The molecule has 146 valence electrons. The minimum absolute atomic E-state index is 0.153. The second kappa shape index (κ2) is 7.64. The van der Waals surface area contributed by atoms with Crippen LogP contribution in [0.4, 0.5) is 0 Å². The Kier molecular flexibility index (Phi) is 5.05. The van der Waals surface area contributed by atoms with Crippen molar-refractivity contribution in [2.45, 2.75) is 39.9 Å². The topological polar surface area (TPSA) is 62.7 Å². The summed E-state index contributed by atoms with van der Waals surface area (Å²) in [5, 5.41) is 0. The van der Waals surface area contributed by atoms with Crippen LogP contribution in [0.3, 0.4) is 0 Å². The van der Waals surface area contributed by atoms with Crippen molar-refractivity contribution in [1.82, 2.24) is 14.8 Å². The van der Waals surface area contributed by atoms with E-state index in [0.717, 1.165) is 18.0 Å². The van der Waals surface area contributed by atoms with Crippen LogP contribution in [0.2, 0.25) is 0 Å². The summed E-state index contributed by atoms with van der Waals surface area (Å²) in [6, 6.07) is 11.8. The average molecular weight is 379 g/mol. The Hall–Kier alpha value is -2.86. The van der Waals surface area contributed by atoms with Gasteiger partial charge in [0.25, 0.3) is 5.89 Å². The molecule has 1 fully saturated rings. The van der Waals surface area contributed by atoms with Gasteiger partial charge in [-0.25, -0.2) is 4.98 Å². The van der Waals surface area contributed by atoms with Crippen LogP contribution >= 0.6 is 0 Å². The van der Waals surface area contributed by atoms with Crippen LogP contribution in [0, 0.1) is 13.8 Å². The average Bonchev–Trinajstić information content (AvgIpc) is 3.32. The fourth-order valence-electron chi connectivity index (χ4n) is 3.65. The predicted octanol–water partition coefficient (Wildman–Crippen LogP) is 3.78. The van der Waals surface area contributed by atoms with Crippen molar-refractivity contribution in [1.29, 1.82) is 0 Å². The third-order valence-electron chi connectivity index (χ3n) is 5.31. The number of furan rings is 1. The number of carbonyl (C=O) groups excluding carboxylic acids is 1. The van der Waals surface area contributed by atoms with Gasteiger partial charge in [0, 0.05) is 26.2 Å². The summed E-state index contributed by atoms with van der Waals surface area (Å²) in [6.45, 7) is 8.69. The summed E-state index contributed by atoms with van der Waals surface area (Å²) >= 11 is 0. The minimum Gasteiger partial charge on any atom is -0.459 e. The molecule has 4 rings (SSSR count). The van der Waals surface area contributed by atoms with E-state index in [-0.39, 0.29) is 11.9 Å². The Balaban J connectivity index is 1.43. The Morgan fingerprint density at radius 1 is 1.14 bits per heavy atom. The highest BCUT2D eigenvalue weighted by Crippen LogP contribution is 2.24. The van der Waals surface area contributed by atoms with Crippen molar-refractivity contribution >= 4 is 5.91 Å². The molecule has 0 bridgehead atoms. The molecule has 1 atom stereocenters. The molecule has 28 heavy (non-hydrogen) atoms. The van der Waals surface area contributed by atoms with Crippen LogP contribution in [0.1, 0.15) is 29.5 Å². The van der Waals surface area contributed by atoms with Crippen molar-refractivity contribution in [2.24, 2.45) is 0 Å². The Bertz CT molecular complexity index is 961. The number of hydrogen-bond donors (Lipinski definition) is 0. The highest BCUT2D eigenvalue weighted by atomic mass is 16.4. The maximum absolute atomic E-state index is 12.9. The zero-order chi connectivity index (χ0) is 19.7. The van der Waals surface area contributed by atoms with Crippen LogP contribution in [0.15, 0.2) is 51.5 Å². The van der Waals surface area contributed by atoms with Gasteiger partial charge in [0.05, 0.1) is 18.0 Å². The summed E-state index contributed by atoms with van der Waals surface area (Å²) in [4.78, 5) is 21.6. The first kappa shape index (κ1) is 18.5. The fourth-order valence-corrected chi connectivity index (χ4v) is 3.65. The highest BCUT2D eigenvalue weighted by molar-refractivity contribution is 5.82. The zero-order valence-electron chi connectivity index (χ0n) is 16.5.